The minimum absolute atomic E-state index is 0.458. The monoisotopic (exact) mass is 164 g/mol. The lowest BCUT2D eigenvalue weighted by molar-refractivity contribution is 0.455. The summed E-state index contributed by atoms with van der Waals surface area (Å²) in [5.41, 5.74) is 0. The molecular weight excluding hydrogens is 162 g/mol. The molecule has 1 rings (SSSR count). The second-order valence-corrected chi connectivity index (χ2v) is 2.07. The number of aromatic hydroxyl groups is 1. The average Bonchev–Trinajstić information content (AvgIpc) is 1.93. The van der Waals surface area contributed by atoms with Gasteiger partial charge in [0.05, 0.1) is 0 Å². The zero-order valence-corrected chi connectivity index (χ0v) is 5.49. The van der Waals surface area contributed by atoms with E-state index in [4.69, 9.17) is 16.7 Å². The molecular formula is C6H3ClF2O. The van der Waals surface area contributed by atoms with Gasteiger partial charge in [0, 0.05) is 0 Å². The molecule has 0 unspecified atom stereocenters. The second-order valence-electron chi connectivity index (χ2n) is 1.69. The van der Waals surface area contributed by atoms with Crippen molar-refractivity contribution >= 4 is 11.6 Å². The summed E-state index contributed by atoms with van der Waals surface area (Å²) in [5, 5.41) is 8.10. The first kappa shape index (κ1) is 7.28. The van der Waals surface area contributed by atoms with E-state index >= 15 is 0 Å². The van der Waals surface area contributed by atoms with E-state index in [1.165, 1.54) is 0 Å². The van der Waals surface area contributed by atoms with E-state index in [0.717, 1.165) is 12.1 Å². The highest BCUT2D eigenvalue weighted by atomic mass is 35.5. The first-order valence-corrected chi connectivity index (χ1v) is 2.83. The second kappa shape index (κ2) is 2.42. The van der Waals surface area contributed by atoms with Gasteiger partial charge in [-0.2, -0.15) is 0 Å². The summed E-state index contributed by atoms with van der Waals surface area (Å²) >= 11 is 5.12. The predicted octanol–water partition coefficient (Wildman–Crippen LogP) is 2.32. The van der Waals surface area contributed by atoms with Crippen molar-refractivity contribution in [2.75, 3.05) is 0 Å². The zero-order valence-electron chi connectivity index (χ0n) is 4.74. The minimum Gasteiger partial charge on any atom is -0.506 e. The molecule has 0 atom stereocenters. The molecule has 1 aromatic rings. The topological polar surface area (TPSA) is 20.2 Å². The Kier molecular flexibility index (Phi) is 1.76. The van der Waals surface area contributed by atoms with E-state index in [2.05, 4.69) is 0 Å². The molecule has 1 N–H and O–H groups in total. The van der Waals surface area contributed by atoms with Crippen LogP contribution in [0.1, 0.15) is 0 Å². The smallest absolute Gasteiger partial charge is 0.181 e. The first-order chi connectivity index (χ1) is 4.63. The highest BCUT2D eigenvalue weighted by Crippen LogP contribution is 2.26. The van der Waals surface area contributed by atoms with Gasteiger partial charge in [-0.05, 0) is 12.1 Å². The van der Waals surface area contributed by atoms with Gasteiger partial charge < -0.3 is 5.11 Å². The van der Waals surface area contributed by atoms with Crippen molar-refractivity contribution in [3.63, 3.8) is 0 Å². The molecule has 0 aromatic heterocycles. The van der Waals surface area contributed by atoms with Crippen LogP contribution in [0.15, 0.2) is 12.1 Å². The number of rotatable bonds is 0. The van der Waals surface area contributed by atoms with Gasteiger partial charge in [-0.1, -0.05) is 11.6 Å². The van der Waals surface area contributed by atoms with Gasteiger partial charge >= 0.3 is 0 Å². The van der Waals surface area contributed by atoms with Crippen LogP contribution in [0, 0.1) is 11.6 Å². The fourth-order valence-electron chi connectivity index (χ4n) is 0.516. The molecule has 0 saturated heterocycles. The van der Waals surface area contributed by atoms with Gasteiger partial charge in [0.2, 0.25) is 0 Å². The molecule has 0 aliphatic heterocycles. The molecule has 0 fully saturated rings. The van der Waals surface area contributed by atoms with E-state index in [1.807, 2.05) is 0 Å². The zero-order chi connectivity index (χ0) is 7.72. The predicted molar refractivity (Wildman–Crippen MR) is 33.0 cm³/mol. The number of benzene rings is 1. The first-order valence-electron chi connectivity index (χ1n) is 2.45. The molecule has 0 radical (unpaired) electrons. The van der Waals surface area contributed by atoms with Crippen LogP contribution in [0.5, 0.6) is 5.75 Å². The summed E-state index contributed by atoms with van der Waals surface area (Å²) in [6.07, 6.45) is 0. The van der Waals surface area contributed by atoms with E-state index < -0.39 is 22.4 Å². The third-order valence-corrected chi connectivity index (χ3v) is 1.37. The van der Waals surface area contributed by atoms with Crippen LogP contribution in [0.3, 0.4) is 0 Å². The lowest BCUT2D eigenvalue weighted by Crippen LogP contribution is -1.83. The molecule has 0 amide bonds. The maximum Gasteiger partial charge on any atom is 0.181 e. The van der Waals surface area contributed by atoms with Gasteiger partial charge in [0.25, 0.3) is 0 Å². The third kappa shape index (κ3) is 1.04. The van der Waals surface area contributed by atoms with Crippen LogP contribution in [-0.4, -0.2) is 5.11 Å². The summed E-state index contributed by atoms with van der Waals surface area (Å²) in [7, 11) is 0. The molecule has 0 saturated carbocycles. The molecule has 0 heterocycles. The lowest BCUT2D eigenvalue weighted by atomic mass is 10.3. The summed E-state index contributed by atoms with van der Waals surface area (Å²) < 4.78 is 24.5. The molecule has 54 valence electrons. The summed E-state index contributed by atoms with van der Waals surface area (Å²) in [6, 6.07) is 1.79. The molecule has 0 spiro atoms. The molecule has 1 nitrogen and oxygen atoms in total. The number of hydrogen-bond acceptors (Lipinski definition) is 1. The number of halogens is 3. The van der Waals surface area contributed by atoms with Crippen LogP contribution in [0.2, 0.25) is 5.02 Å². The van der Waals surface area contributed by atoms with Gasteiger partial charge in [0.1, 0.15) is 10.8 Å². The van der Waals surface area contributed by atoms with Crippen LogP contribution in [-0.2, 0) is 0 Å². The quantitative estimate of drug-likeness (QED) is 0.584. The van der Waals surface area contributed by atoms with Crippen LogP contribution in [0.25, 0.3) is 0 Å². The van der Waals surface area contributed by atoms with Crippen LogP contribution < -0.4 is 0 Å². The summed E-state index contributed by atoms with van der Waals surface area (Å²) in [6.45, 7) is 0. The highest BCUT2D eigenvalue weighted by Gasteiger charge is 2.09. The Labute approximate surface area is 60.9 Å². The van der Waals surface area contributed by atoms with Crippen molar-refractivity contribution in [2.24, 2.45) is 0 Å². The summed E-state index contributed by atoms with van der Waals surface area (Å²) in [4.78, 5) is 0. The minimum atomic E-state index is -1.22. The molecule has 10 heavy (non-hydrogen) atoms. The van der Waals surface area contributed by atoms with E-state index in [0.29, 0.717) is 0 Å². The normalized spacial score (nSPS) is 9.90. The van der Waals surface area contributed by atoms with E-state index in [-0.39, 0.29) is 0 Å². The van der Waals surface area contributed by atoms with Crippen molar-refractivity contribution < 1.29 is 13.9 Å². The third-order valence-electron chi connectivity index (χ3n) is 1.01. The fraction of sp³-hybridized carbons (Fsp3) is 0. The molecule has 0 bridgehead atoms. The van der Waals surface area contributed by atoms with Gasteiger partial charge in [0.15, 0.2) is 11.6 Å². The number of phenolic OH excluding ortho intramolecular Hbond substituents is 1. The standard InChI is InChI=1S/C6H3ClF2O/c7-5-4(10)2-1-3(8)6(5)9/h1-2,10H. The van der Waals surface area contributed by atoms with Gasteiger partial charge in [-0.15, -0.1) is 0 Å². The SMILES string of the molecule is Oc1ccc(F)c(F)c1Cl. The van der Waals surface area contributed by atoms with Gasteiger partial charge in [-0.25, -0.2) is 8.78 Å². The molecule has 4 heteroatoms. The number of phenols is 1. The maximum atomic E-state index is 12.3. The lowest BCUT2D eigenvalue weighted by Gasteiger charge is -1.96. The van der Waals surface area contributed by atoms with E-state index in [9.17, 15) is 8.78 Å². The Hall–Kier alpha value is -0.830. The largest absolute Gasteiger partial charge is 0.506 e. The molecule has 1 aromatic carbocycles. The highest BCUT2D eigenvalue weighted by molar-refractivity contribution is 6.32. The summed E-state index contributed by atoms with van der Waals surface area (Å²) in [5.74, 6) is -2.75. The molecule has 0 aliphatic rings. The van der Waals surface area contributed by atoms with Crippen molar-refractivity contribution in [3.05, 3.63) is 28.8 Å². The number of hydrogen-bond donors (Lipinski definition) is 1. The van der Waals surface area contributed by atoms with Crippen molar-refractivity contribution in [2.45, 2.75) is 0 Å². The van der Waals surface area contributed by atoms with Crippen molar-refractivity contribution in [3.8, 4) is 5.75 Å². The van der Waals surface area contributed by atoms with E-state index in [1.54, 1.807) is 0 Å². The Morgan fingerprint density at radius 1 is 1.30 bits per heavy atom. The Morgan fingerprint density at radius 3 is 2.40 bits per heavy atom. The van der Waals surface area contributed by atoms with Crippen molar-refractivity contribution in [1.82, 2.24) is 0 Å². The fourth-order valence-corrected chi connectivity index (χ4v) is 0.669. The van der Waals surface area contributed by atoms with Crippen LogP contribution in [0.4, 0.5) is 8.78 Å². The van der Waals surface area contributed by atoms with Crippen LogP contribution >= 0.6 is 11.6 Å². The van der Waals surface area contributed by atoms with Crippen molar-refractivity contribution in [1.29, 1.82) is 0 Å². The Bertz CT molecular complexity index is 235. The molecule has 0 aliphatic carbocycles. The van der Waals surface area contributed by atoms with Gasteiger partial charge in [-0.3, -0.25) is 0 Å². The average molecular weight is 165 g/mol. The Balaban J connectivity index is 3.34. The maximum absolute atomic E-state index is 12.3. The Morgan fingerprint density at radius 2 is 1.90 bits per heavy atom.